The Morgan fingerprint density at radius 1 is 1.31 bits per heavy atom. The van der Waals surface area contributed by atoms with E-state index in [0.717, 1.165) is 16.4 Å². The maximum Gasteiger partial charge on any atom is 0.260 e. The number of carbonyl (C=O) groups excluding carboxylic acids is 2. The van der Waals surface area contributed by atoms with Gasteiger partial charge < -0.3 is 0 Å². The van der Waals surface area contributed by atoms with Crippen molar-refractivity contribution in [1.82, 2.24) is 9.36 Å². The van der Waals surface area contributed by atoms with Crippen LogP contribution in [0, 0.1) is 6.92 Å². The summed E-state index contributed by atoms with van der Waals surface area (Å²) < 4.78 is 3.89. The van der Waals surface area contributed by atoms with E-state index in [4.69, 9.17) is 0 Å². The molecule has 2 amide bonds. The summed E-state index contributed by atoms with van der Waals surface area (Å²) in [5.41, 5.74) is 0. The molecule has 0 saturated heterocycles. The minimum Gasteiger partial charge on any atom is -0.269 e. The molecule has 0 N–H and O–H groups in total. The zero-order valence-electron chi connectivity index (χ0n) is 6.72. The van der Waals surface area contributed by atoms with E-state index in [2.05, 4.69) is 9.36 Å². The Morgan fingerprint density at radius 3 is 2.38 bits per heavy atom. The molecule has 0 radical (unpaired) electrons. The minimum atomic E-state index is -0.360. The van der Waals surface area contributed by atoms with Crippen molar-refractivity contribution in [3.05, 3.63) is 18.0 Å². The van der Waals surface area contributed by atoms with Gasteiger partial charge in [-0.05, 0) is 6.92 Å². The smallest absolute Gasteiger partial charge is 0.260 e. The van der Waals surface area contributed by atoms with Crippen molar-refractivity contribution in [3.8, 4) is 0 Å². The molecule has 0 aromatic carbocycles. The van der Waals surface area contributed by atoms with E-state index in [-0.39, 0.29) is 11.8 Å². The first-order valence-corrected chi connectivity index (χ1v) is 4.32. The Morgan fingerprint density at radius 2 is 1.92 bits per heavy atom. The lowest BCUT2D eigenvalue weighted by molar-refractivity contribution is -0.119. The molecule has 0 aliphatic carbocycles. The number of rotatable bonds is 1. The Bertz CT molecular complexity index is 392. The molecular weight excluding hydrogens is 190 g/mol. The lowest BCUT2D eigenvalue weighted by Crippen LogP contribution is -2.29. The maximum atomic E-state index is 11.2. The van der Waals surface area contributed by atoms with Crippen molar-refractivity contribution >= 4 is 28.5 Å². The van der Waals surface area contributed by atoms with E-state index in [1.807, 2.05) is 0 Å². The van der Waals surface area contributed by atoms with Gasteiger partial charge in [-0.1, -0.05) is 0 Å². The molecular formula is C7H5N3O2S. The van der Waals surface area contributed by atoms with Gasteiger partial charge in [0.25, 0.3) is 11.8 Å². The lowest BCUT2D eigenvalue weighted by Gasteiger charge is -2.07. The molecule has 2 heterocycles. The third kappa shape index (κ3) is 1.25. The second-order valence-corrected chi connectivity index (χ2v) is 3.20. The highest BCUT2D eigenvalue weighted by molar-refractivity contribution is 7.10. The third-order valence-corrected chi connectivity index (χ3v) is 2.31. The molecule has 2 rings (SSSR count). The number of hydrogen-bond donors (Lipinski definition) is 0. The van der Waals surface area contributed by atoms with Crippen LogP contribution in [0.15, 0.2) is 12.2 Å². The SMILES string of the molecule is Cc1nsc(N2C(=O)C=CC2=O)n1. The summed E-state index contributed by atoms with van der Waals surface area (Å²) in [5.74, 6) is -0.158. The molecule has 1 aliphatic heterocycles. The number of aromatic nitrogens is 2. The molecule has 0 fully saturated rings. The van der Waals surface area contributed by atoms with Crippen molar-refractivity contribution < 1.29 is 9.59 Å². The van der Waals surface area contributed by atoms with E-state index in [1.54, 1.807) is 6.92 Å². The summed E-state index contributed by atoms with van der Waals surface area (Å²) in [7, 11) is 0. The average molecular weight is 195 g/mol. The summed E-state index contributed by atoms with van der Waals surface area (Å²) in [4.78, 5) is 27.3. The largest absolute Gasteiger partial charge is 0.269 e. The molecule has 1 aromatic heterocycles. The van der Waals surface area contributed by atoms with E-state index in [9.17, 15) is 9.59 Å². The fourth-order valence-corrected chi connectivity index (χ4v) is 1.65. The highest BCUT2D eigenvalue weighted by Crippen LogP contribution is 2.20. The Kier molecular flexibility index (Phi) is 1.70. The topological polar surface area (TPSA) is 63.2 Å². The second kappa shape index (κ2) is 2.74. The fraction of sp³-hybridized carbons (Fsp3) is 0.143. The summed E-state index contributed by atoms with van der Waals surface area (Å²) in [5, 5.41) is 0.331. The van der Waals surface area contributed by atoms with Gasteiger partial charge in [0.2, 0.25) is 5.13 Å². The Hall–Kier alpha value is -1.56. The van der Waals surface area contributed by atoms with E-state index in [1.165, 1.54) is 12.2 Å². The number of anilines is 1. The van der Waals surface area contributed by atoms with Gasteiger partial charge in [0.1, 0.15) is 5.82 Å². The van der Waals surface area contributed by atoms with E-state index in [0.29, 0.717) is 11.0 Å². The maximum absolute atomic E-state index is 11.2. The van der Waals surface area contributed by atoms with E-state index >= 15 is 0 Å². The molecule has 5 nitrogen and oxygen atoms in total. The number of hydrogen-bond acceptors (Lipinski definition) is 5. The number of imide groups is 1. The molecule has 0 unspecified atom stereocenters. The monoisotopic (exact) mass is 195 g/mol. The molecule has 1 aromatic rings. The van der Waals surface area contributed by atoms with Gasteiger partial charge in [-0.25, -0.2) is 9.88 Å². The average Bonchev–Trinajstić information content (AvgIpc) is 2.60. The van der Waals surface area contributed by atoms with Gasteiger partial charge in [0, 0.05) is 23.7 Å². The van der Waals surface area contributed by atoms with Crippen LogP contribution in [0.1, 0.15) is 5.82 Å². The van der Waals surface area contributed by atoms with Gasteiger partial charge in [0.05, 0.1) is 0 Å². The zero-order valence-corrected chi connectivity index (χ0v) is 7.54. The van der Waals surface area contributed by atoms with Crippen LogP contribution >= 0.6 is 11.5 Å². The zero-order chi connectivity index (χ0) is 9.42. The first-order chi connectivity index (χ1) is 6.18. The first kappa shape index (κ1) is 8.06. The summed E-state index contributed by atoms with van der Waals surface area (Å²) in [6.07, 6.45) is 2.44. The lowest BCUT2D eigenvalue weighted by atomic mass is 10.6. The van der Waals surface area contributed by atoms with Gasteiger partial charge in [-0.15, -0.1) is 0 Å². The Balaban J connectivity index is 2.37. The summed E-state index contributed by atoms with van der Waals surface area (Å²) in [6, 6.07) is 0. The van der Waals surface area contributed by atoms with Crippen LogP contribution in [0.4, 0.5) is 5.13 Å². The molecule has 1 aliphatic rings. The number of amides is 2. The third-order valence-electron chi connectivity index (χ3n) is 1.52. The molecule has 0 spiro atoms. The molecule has 6 heteroatoms. The summed E-state index contributed by atoms with van der Waals surface area (Å²) in [6.45, 7) is 1.71. The van der Waals surface area contributed by atoms with Crippen LogP contribution in [0.25, 0.3) is 0 Å². The number of aryl methyl sites for hydroxylation is 1. The molecule has 0 saturated carbocycles. The van der Waals surface area contributed by atoms with Crippen molar-refractivity contribution in [2.24, 2.45) is 0 Å². The molecule has 66 valence electrons. The standard InChI is InChI=1S/C7H5N3O2S/c1-4-8-7(13-9-4)10-5(11)2-3-6(10)12/h2-3H,1H3. The van der Waals surface area contributed by atoms with Crippen LogP contribution < -0.4 is 4.90 Å². The fourth-order valence-electron chi connectivity index (χ4n) is 0.966. The molecule has 0 atom stereocenters. The van der Waals surface area contributed by atoms with Crippen LogP contribution in [-0.2, 0) is 9.59 Å². The predicted octanol–water partition coefficient (Wildman–Crippen LogP) is 0.276. The van der Waals surface area contributed by atoms with Crippen molar-refractivity contribution in [3.63, 3.8) is 0 Å². The highest BCUT2D eigenvalue weighted by atomic mass is 32.1. The molecule has 13 heavy (non-hydrogen) atoms. The van der Waals surface area contributed by atoms with Gasteiger partial charge in [0.15, 0.2) is 0 Å². The predicted molar refractivity (Wildman–Crippen MR) is 46.3 cm³/mol. The van der Waals surface area contributed by atoms with Crippen molar-refractivity contribution in [2.75, 3.05) is 4.90 Å². The highest BCUT2D eigenvalue weighted by Gasteiger charge is 2.27. The van der Waals surface area contributed by atoms with Crippen LogP contribution in [-0.4, -0.2) is 21.2 Å². The normalized spacial score (nSPS) is 15.9. The van der Waals surface area contributed by atoms with Crippen LogP contribution in [0.5, 0.6) is 0 Å². The quantitative estimate of drug-likeness (QED) is 0.603. The van der Waals surface area contributed by atoms with Crippen LogP contribution in [0.2, 0.25) is 0 Å². The van der Waals surface area contributed by atoms with Crippen molar-refractivity contribution in [1.29, 1.82) is 0 Å². The Labute approximate surface area is 77.9 Å². The van der Waals surface area contributed by atoms with Gasteiger partial charge in [-0.3, -0.25) is 9.59 Å². The number of nitrogens with zero attached hydrogens (tertiary/aromatic N) is 3. The molecule has 0 bridgehead atoms. The van der Waals surface area contributed by atoms with Gasteiger partial charge >= 0.3 is 0 Å². The second-order valence-electron chi connectivity index (χ2n) is 2.47. The number of carbonyl (C=O) groups is 2. The van der Waals surface area contributed by atoms with E-state index < -0.39 is 0 Å². The van der Waals surface area contributed by atoms with Crippen LogP contribution in [0.3, 0.4) is 0 Å². The van der Waals surface area contributed by atoms with Crippen molar-refractivity contribution in [2.45, 2.75) is 6.92 Å². The minimum absolute atomic E-state index is 0.331. The van der Waals surface area contributed by atoms with Gasteiger partial charge in [-0.2, -0.15) is 4.37 Å². The summed E-state index contributed by atoms with van der Waals surface area (Å²) >= 11 is 1.04. The first-order valence-electron chi connectivity index (χ1n) is 3.55.